The van der Waals surface area contributed by atoms with Gasteiger partial charge in [0.2, 0.25) is 5.78 Å². The van der Waals surface area contributed by atoms with Gasteiger partial charge in [-0.05, 0) is 0 Å². The molecule has 16 heavy (non-hydrogen) atoms. The number of hydrogen-bond acceptors (Lipinski definition) is 7. The standard InChI is InChI=1S/C5H10O5.C3H4O3/c6-1-3(8)5(10)4(9)2-7;1-2(4)3(5)6/h1,3-5,7-10H,2H2;1H3,(H,5,6)/t3-,4-,5+;/m1./s1. The van der Waals surface area contributed by atoms with Crippen LogP contribution in [0.25, 0.3) is 0 Å². The molecule has 0 aromatic carbocycles. The molecule has 0 aliphatic rings. The van der Waals surface area contributed by atoms with Crippen LogP contribution in [0, 0.1) is 0 Å². The van der Waals surface area contributed by atoms with Crippen molar-refractivity contribution in [1.29, 1.82) is 0 Å². The first kappa shape index (κ1) is 17.1. The summed E-state index contributed by atoms with van der Waals surface area (Å²) < 4.78 is 0. The van der Waals surface area contributed by atoms with Crippen molar-refractivity contribution in [2.45, 2.75) is 25.2 Å². The van der Waals surface area contributed by atoms with Gasteiger partial charge in [-0.2, -0.15) is 0 Å². The van der Waals surface area contributed by atoms with Gasteiger partial charge in [0.25, 0.3) is 0 Å². The molecule has 0 radical (unpaired) electrons. The second-order valence-electron chi connectivity index (χ2n) is 2.73. The summed E-state index contributed by atoms with van der Waals surface area (Å²) in [7, 11) is 0. The van der Waals surface area contributed by atoms with Crippen molar-refractivity contribution in [3.8, 4) is 0 Å². The van der Waals surface area contributed by atoms with Crippen molar-refractivity contribution in [2.24, 2.45) is 0 Å². The van der Waals surface area contributed by atoms with E-state index in [0.29, 0.717) is 0 Å². The van der Waals surface area contributed by atoms with Gasteiger partial charge < -0.3 is 30.3 Å². The van der Waals surface area contributed by atoms with Crippen LogP contribution in [0.3, 0.4) is 0 Å². The highest BCUT2D eigenvalue weighted by Gasteiger charge is 2.22. The van der Waals surface area contributed by atoms with Crippen molar-refractivity contribution in [3.05, 3.63) is 0 Å². The van der Waals surface area contributed by atoms with Crippen LogP contribution in [0.15, 0.2) is 0 Å². The molecule has 8 heteroatoms. The molecule has 0 saturated carbocycles. The van der Waals surface area contributed by atoms with E-state index in [1.807, 2.05) is 0 Å². The maximum Gasteiger partial charge on any atom is 0.371 e. The zero-order chi connectivity index (χ0) is 13.3. The molecule has 3 atom stereocenters. The van der Waals surface area contributed by atoms with Gasteiger partial charge in [0.15, 0.2) is 6.29 Å². The minimum atomic E-state index is -1.64. The van der Waals surface area contributed by atoms with E-state index >= 15 is 0 Å². The van der Waals surface area contributed by atoms with Crippen LogP contribution < -0.4 is 0 Å². The number of hydrogen-bond donors (Lipinski definition) is 5. The fourth-order valence-electron chi connectivity index (χ4n) is 0.416. The number of carbonyl (C=O) groups excluding carboxylic acids is 2. The molecule has 0 aliphatic carbocycles. The molecule has 0 rings (SSSR count). The number of ketones is 1. The zero-order valence-corrected chi connectivity index (χ0v) is 8.48. The van der Waals surface area contributed by atoms with Gasteiger partial charge in [0, 0.05) is 6.92 Å². The first-order valence-corrected chi connectivity index (χ1v) is 4.12. The molecular weight excluding hydrogens is 224 g/mol. The molecule has 94 valence electrons. The Kier molecular flexibility index (Phi) is 9.51. The molecule has 0 fully saturated rings. The topological polar surface area (TPSA) is 152 Å². The van der Waals surface area contributed by atoms with Crippen molar-refractivity contribution < 1.29 is 39.9 Å². The molecule has 0 aliphatic heterocycles. The largest absolute Gasteiger partial charge is 0.476 e. The van der Waals surface area contributed by atoms with Crippen molar-refractivity contribution >= 4 is 18.0 Å². The lowest BCUT2D eigenvalue weighted by atomic mass is 10.1. The maximum atomic E-state index is 9.76. The van der Waals surface area contributed by atoms with E-state index in [4.69, 9.17) is 25.5 Å². The molecule has 0 saturated heterocycles. The molecule has 8 nitrogen and oxygen atoms in total. The molecule has 0 amide bonds. The Morgan fingerprint density at radius 3 is 1.81 bits per heavy atom. The fourth-order valence-corrected chi connectivity index (χ4v) is 0.416. The monoisotopic (exact) mass is 238 g/mol. The lowest BCUT2D eigenvalue weighted by molar-refractivity contribution is -0.148. The van der Waals surface area contributed by atoms with E-state index in [1.165, 1.54) is 0 Å². The van der Waals surface area contributed by atoms with Crippen molar-refractivity contribution in [2.75, 3.05) is 6.61 Å². The third-order valence-corrected chi connectivity index (χ3v) is 1.37. The third kappa shape index (κ3) is 8.00. The summed E-state index contributed by atoms with van der Waals surface area (Å²) in [6.45, 7) is 0.314. The predicted molar refractivity (Wildman–Crippen MR) is 49.5 cm³/mol. The Balaban J connectivity index is 0. The number of carboxylic acids is 1. The van der Waals surface area contributed by atoms with E-state index in [0.717, 1.165) is 6.92 Å². The minimum Gasteiger partial charge on any atom is -0.476 e. The molecular formula is C8H14O8. The van der Waals surface area contributed by atoms with Gasteiger partial charge >= 0.3 is 5.97 Å². The molecule has 0 heterocycles. The summed E-state index contributed by atoms with van der Waals surface area (Å²) in [6, 6.07) is 0. The first-order chi connectivity index (χ1) is 7.27. The van der Waals surface area contributed by atoms with Gasteiger partial charge in [-0.3, -0.25) is 4.79 Å². The van der Waals surface area contributed by atoms with Crippen LogP contribution in [-0.4, -0.2) is 68.5 Å². The summed E-state index contributed by atoms with van der Waals surface area (Å²) in [6.07, 6.45) is -4.63. The van der Waals surface area contributed by atoms with Gasteiger partial charge in [-0.1, -0.05) is 0 Å². The van der Waals surface area contributed by atoms with Crippen LogP contribution in [0.5, 0.6) is 0 Å². The van der Waals surface area contributed by atoms with E-state index in [1.54, 1.807) is 0 Å². The Bertz CT molecular complexity index is 226. The molecule has 0 spiro atoms. The number of aldehydes is 1. The number of aliphatic hydroxyl groups excluding tert-OH is 4. The van der Waals surface area contributed by atoms with Gasteiger partial charge in [0.05, 0.1) is 6.61 Å². The number of carbonyl (C=O) groups is 3. The van der Waals surface area contributed by atoms with E-state index in [9.17, 15) is 14.4 Å². The van der Waals surface area contributed by atoms with Gasteiger partial charge in [0.1, 0.15) is 18.3 Å². The number of Topliss-reactive ketones (excluding diaryl/α,β-unsaturated/α-hetero) is 1. The van der Waals surface area contributed by atoms with E-state index in [-0.39, 0.29) is 6.29 Å². The molecule has 0 unspecified atom stereocenters. The SMILES string of the molecule is CC(=O)C(=O)O.O=C[C@@H](O)[C@H](O)[C@H](O)CO. The average Bonchev–Trinajstić information content (AvgIpc) is 2.26. The van der Waals surface area contributed by atoms with E-state index < -0.39 is 36.7 Å². The summed E-state index contributed by atoms with van der Waals surface area (Å²) in [5.74, 6) is -2.20. The van der Waals surface area contributed by atoms with Gasteiger partial charge in [-0.25, -0.2) is 4.79 Å². The second-order valence-corrected chi connectivity index (χ2v) is 2.73. The smallest absolute Gasteiger partial charge is 0.371 e. The highest BCUT2D eigenvalue weighted by atomic mass is 16.4. The predicted octanol–water partition coefficient (Wildman–Crippen LogP) is -3.08. The summed E-state index contributed by atoms with van der Waals surface area (Å²) in [4.78, 5) is 28.7. The van der Waals surface area contributed by atoms with Crippen LogP contribution in [0.1, 0.15) is 6.92 Å². The Labute approximate surface area is 90.8 Å². The number of carboxylic acid groups (broad SMARTS) is 1. The molecule has 5 N–H and O–H groups in total. The Morgan fingerprint density at radius 2 is 1.62 bits per heavy atom. The third-order valence-electron chi connectivity index (χ3n) is 1.37. The number of rotatable bonds is 5. The molecule has 0 bridgehead atoms. The lowest BCUT2D eigenvalue weighted by Gasteiger charge is -2.16. The minimum absolute atomic E-state index is 0.0869. The summed E-state index contributed by atoms with van der Waals surface area (Å²) in [5, 5.41) is 41.7. The number of aliphatic hydroxyl groups is 4. The van der Waals surface area contributed by atoms with Crippen molar-refractivity contribution in [3.63, 3.8) is 0 Å². The normalized spacial score (nSPS) is 15.1. The van der Waals surface area contributed by atoms with E-state index in [2.05, 4.69) is 0 Å². The molecule has 0 aromatic heterocycles. The van der Waals surface area contributed by atoms with Crippen LogP contribution in [0.4, 0.5) is 0 Å². The quantitative estimate of drug-likeness (QED) is 0.250. The Hall–Kier alpha value is -1.35. The highest BCUT2D eigenvalue weighted by Crippen LogP contribution is 1.96. The van der Waals surface area contributed by atoms with Crippen LogP contribution >= 0.6 is 0 Å². The van der Waals surface area contributed by atoms with Gasteiger partial charge in [-0.15, -0.1) is 0 Å². The van der Waals surface area contributed by atoms with Crippen molar-refractivity contribution in [1.82, 2.24) is 0 Å². The zero-order valence-electron chi connectivity index (χ0n) is 8.48. The Morgan fingerprint density at radius 1 is 1.25 bits per heavy atom. The maximum absolute atomic E-state index is 9.76. The highest BCUT2D eigenvalue weighted by molar-refractivity contribution is 6.31. The first-order valence-electron chi connectivity index (χ1n) is 4.12. The van der Waals surface area contributed by atoms with Crippen LogP contribution in [-0.2, 0) is 14.4 Å². The summed E-state index contributed by atoms with van der Waals surface area (Å²) >= 11 is 0. The second kappa shape index (κ2) is 8.92. The average molecular weight is 238 g/mol. The molecule has 0 aromatic rings. The lowest BCUT2D eigenvalue weighted by Crippen LogP contribution is -2.40. The van der Waals surface area contributed by atoms with Crippen LogP contribution in [0.2, 0.25) is 0 Å². The fraction of sp³-hybridized carbons (Fsp3) is 0.625. The number of aliphatic carboxylic acids is 1. The summed E-state index contributed by atoms with van der Waals surface area (Å²) in [5.41, 5.74) is 0.